The zero-order chi connectivity index (χ0) is 25.5. The summed E-state index contributed by atoms with van der Waals surface area (Å²) in [6, 6.07) is 0. The van der Waals surface area contributed by atoms with E-state index in [4.69, 9.17) is 4.84 Å². The molecule has 6 nitrogen and oxygen atoms in total. The van der Waals surface area contributed by atoms with Crippen molar-refractivity contribution in [1.29, 1.82) is 0 Å². The van der Waals surface area contributed by atoms with E-state index in [1.807, 2.05) is 13.0 Å². The van der Waals surface area contributed by atoms with Crippen molar-refractivity contribution in [2.24, 2.45) is 0 Å². The van der Waals surface area contributed by atoms with Gasteiger partial charge >= 0.3 is 7.60 Å². The van der Waals surface area contributed by atoms with Gasteiger partial charge in [0.05, 0.1) is 6.61 Å². The minimum absolute atomic E-state index is 0.0365. The average molecular weight is 484 g/mol. The quantitative estimate of drug-likeness (QED) is 0.0959. The molecule has 0 rings (SSSR count). The highest BCUT2D eigenvalue weighted by Crippen LogP contribution is 2.54. The molecule has 1 amide bonds. The van der Waals surface area contributed by atoms with Crippen LogP contribution in [0.4, 0.5) is 0 Å². The molecular weight excluding hydrogens is 437 g/mol. The van der Waals surface area contributed by atoms with Crippen molar-refractivity contribution in [3.8, 4) is 0 Å². The summed E-state index contributed by atoms with van der Waals surface area (Å²) in [5.41, 5.74) is 7.55. The van der Waals surface area contributed by atoms with Crippen LogP contribution in [-0.2, 0) is 14.2 Å². The molecule has 0 aliphatic carbocycles. The molecule has 3 N–H and O–H groups in total. The SMILES string of the molecule is CCC(CC)(C(=O)NOCC=C(C)CCC=C(C)CCC=C(C)CCC=C(C)C)P(=O)(O)O. The summed E-state index contributed by atoms with van der Waals surface area (Å²) in [5, 5.41) is -1.74. The molecule has 0 bridgehead atoms. The normalized spacial score (nSPS) is 13.8. The summed E-state index contributed by atoms with van der Waals surface area (Å²) < 4.78 is 11.8. The van der Waals surface area contributed by atoms with Crippen LogP contribution in [0.3, 0.4) is 0 Å². The van der Waals surface area contributed by atoms with Crippen LogP contribution in [0, 0.1) is 0 Å². The summed E-state index contributed by atoms with van der Waals surface area (Å²) in [5.74, 6) is -0.772. The van der Waals surface area contributed by atoms with Crippen LogP contribution in [0.15, 0.2) is 46.6 Å². The van der Waals surface area contributed by atoms with E-state index in [0.29, 0.717) is 0 Å². The second kappa shape index (κ2) is 16.2. The fourth-order valence-corrected chi connectivity index (χ4v) is 4.62. The minimum atomic E-state index is -4.60. The van der Waals surface area contributed by atoms with Crippen LogP contribution >= 0.6 is 7.60 Å². The highest BCUT2D eigenvalue weighted by Gasteiger charge is 2.50. The van der Waals surface area contributed by atoms with Gasteiger partial charge in [-0.2, -0.15) is 0 Å². The van der Waals surface area contributed by atoms with Gasteiger partial charge in [-0.05, 0) is 86.0 Å². The van der Waals surface area contributed by atoms with Crippen molar-refractivity contribution >= 4 is 13.5 Å². The molecule has 0 unspecified atom stereocenters. The second-order valence-corrected chi connectivity index (χ2v) is 11.0. The van der Waals surface area contributed by atoms with Crippen LogP contribution < -0.4 is 5.48 Å². The fourth-order valence-electron chi connectivity index (χ4n) is 3.49. The molecule has 0 aromatic carbocycles. The third kappa shape index (κ3) is 12.5. The van der Waals surface area contributed by atoms with Crippen molar-refractivity contribution in [2.75, 3.05) is 6.61 Å². The number of hydrogen-bond acceptors (Lipinski definition) is 3. The monoisotopic (exact) mass is 483 g/mol. The molecule has 0 spiro atoms. The Kier molecular flexibility index (Phi) is 15.5. The Bertz CT molecular complexity index is 766. The topological polar surface area (TPSA) is 95.9 Å². The number of carbonyl (C=O) groups is 1. The van der Waals surface area contributed by atoms with Crippen molar-refractivity contribution in [2.45, 2.75) is 105 Å². The van der Waals surface area contributed by atoms with Gasteiger partial charge in [0.25, 0.3) is 5.91 Å². The Morgan fingerprint density at radius 2 is 1.24 bits per heavy atom. The lowest BCUT2D eigenvalue weighted by Gasteiger charge is -2.30. The van der Waals surface area contributed by atoms with E-state index in [1.165, 1.54) is 16.7 Å². The maximum atomic E-state index is 12.3. The number of rotatable bonds is 16. The van der Waals surface area contributed by atoms with E-state index in [2.05, 4.69) is 51.4 Å². The Balaban J connectivity index is 4.36. The van der Waals surface area contributed by atoms with Gasteiger partial charge in [-0.3, -0.25) is 14.2 Å². The summed E-state index contributed by atoms with van der Waals surface area (Å²) in [4.78, 5) is 36.7. The zero-order valence-corrected chi connectivity index (χ0v) is 22.6. The molecule has 190 valence electrons. The highest BCUT2D eigenvalue weighted by atomic mass is 31.2. The third-order valence-corrected chi connectivity index (χ3v) is 7.93. The van der Waals surface area contributed by atoms with Gasteiger partial charge in [0.1, 0.15) is 0 Å². The molecule has 0 radical (unpaired) electrons. The van der Waals surface area contributed by atoms with Crippen LogP contribution in [0.1, 0.15) is 99.8 Å². The number of nitrogens with one attached hydrogen (secondary N) is 1. The Labute approximate surface area is 201 Å². The number of amides is 1. The van der Waals surface area contributed by atoms with Gasteiger partial charge in [-0.25, -0.2) is 5.48 Å². The largest absolute Gasteiger partial charge is 0.341 e. The lowest BCUT2D eigenvalue weighted by molar-refractivity contribution is -0.136. The molecule has 0 saturated carbocycles. The van der Waals surface area contributed by atoms with E-state index in [-0.39, 0.29) is 19.4 Å². The number of hydroxylamine groups is 1. The van der Waals surface area contributed by atoms with E-state index < -0.39 is 18.7 Å². The number of allylic oxidation sites excluding steroid dienone is 7. The lowest BCUT2D eigenvalue weighted by atomic mass is 10.0. The molecule has 0 aliphatic rings. The predicted molar refractivity (Wildman–Crippen MR) is 138 cm³/mol. The van der Waals surface area contributed by atoms with Crippen molar-refractivity contribution < 1.29 is 24.0 Å². The van der Waals surface area contributed by atoms with Crippen LogP contribution in [0.25, 0.3) is 0 Å². The third-order valence-electron chi connectivity index (χ3n) is 5.98. The fraction of sp³-hybridized carbons (Fsp3) is 0.654. The van der Waals surface area contributed by atoms with E-state index >= 15 is 0 Å². The first-order chi connectivity index (χ1) is 15.4. The van der Waals surface area contributed by atoms with Crippen molar-refractivity contribution in [3.05, 3.63) is 46.6 Å². The lowest BCUT2D eigenvalue weighted by Crippen LogP contribution is -2.45. The molecular formula is C26H46NO5P. The van der Waals surface area contributed by atoms with Crippen molar-refractivity contribution in [3.63, 3.8) is 0 Å². The second-order valence-electron chi connectivity index (χ2n) is 9.07. The van der Waals surface area contributed by atoms with Crippen LogP contribution in [-0.4, -0.2) is 27.5 Å². The average Bonchev–Trinajstić information content (AvgIpc) is 2.71. The summed E-state index contributed by atoms with van der Waals surface area (Å²) in [7, 11) is -4.60. The molecule has 0 heterocycles. The van der Waals surface area contributed by atoms with E-state index in [9.17, 15) is 19.1 Å². The molecule has 0 aromatic rings. The Morgan fingerprint density at radius 3 is 1.64 bits per heavy atom. The minimum Gasteiger partial charge on any atom is -0.324 e. The number of carbonyl (C=O) groups excluding carboxylic acids is 1. The molecule has 0 aliphatic heterocycles. The molecule has 7 heteroatoms. The first-order valence-corrected chi connectivity index (χ1v) is 13.6. The van der Waals surface area contributed by atoms with Crippen LogP contribution in [0.2, 0.25) is 0 Å². The van der Waals surface area contributed by atoms with Gasteiger partial charge < -0.3 is 9.79 Å². The predicted octanol–water partition coefficient (Wildman–Crippen LogP) is 6.92. The first kappa shape index (κ1) is 31.5. The summed E-state index contributed by atoms with van der Waals surface area (Å²) in [6.45, 7) is 14.0. The molecule has 0 saturated heterocycles. The maximum Gasteiger partial charge on any atom is 0.341 e. The Morgan fingerprint density at radius 1 is 0.818 bits per heavy atom. The Hall–Kier alpha value is -1.46. The van der Waals surface area contributed by atoms with Gasteiger partial charge in [0.15, 0.2) is 5.16 Å². The van der Waals surface area contributed by atoms with Crippen LogP contribution in [0.5, 0.6) is 0 Å². The van der Waals surface area contributed by atoms with Gasteiger partial charge in [-0.1, -0.05) is 60.4 Å². The van der Waals surface area contributed by atoms with Gasteiger partial charge in [0.2, 0.25) is 0 Å². The summed E-state index contributed by atoms with van der Waals surface area (Å²) in [6.07, 6.45) is 15.0. The zero-order valence-electron chi connectivity index (χ0n) is 21.7. The maximum absolute atomic E-state index is 12.3. The van der Waals surface area contributed by atoms with Crippen molar-refractivity contribution in [1.82, 2.24) is 5.48 Å². The van der Waals surface area contributed by atoms with E-state index in [1.54, 1.807) is 13.8 Å². The standard InChI is InChI=1S/C26H46NO5P/c1-8-26(9-2,33(29,30)31)25(28)27-32-20-19-24(7)18-12-17-23(6)16-11-15-22(5)14-10-13-21(3)4/h13,15,17,19H,8-12,14,16,18,20H2,1-7H3,(H,27,28)(H2,29,30,31). The van der Waals surface area contributed by atoms with E-state index in [0.717, 1.165) is 44.1 Å². The molecule has 0 fully saturated rings. The molecule has 0 aromatic heterocycles. The smallest absolute Gasteiger partial charge is 0.324 e. The van der Waals surface area contributed by atoms with Gasteiger partial charge in [-0.15, -0.1) is 0 Å². The molecule has 33 heavy (non-hydrogen) atoms. The summed E-state index contributed by atoms with van der Waals surface area (Å²) >= 11 is 0. The highest BCUT2D eigenvalue weighted by molar-refractivity contribution is 7.54. The first-order valence-electron chi connectivity index (χ1n) is 12.0. The molecule has 0 atom stereocenters. The van der Waals surface area contributed by atoms with Gasteiger partial charge in [0, 0.05) is 0 Å². The number of hydrogen-bond donors (Lipinski definition) is 3.